The molecule has 0 aliphatic rings. The zero-order valence-corrected chi connectivity index (χ0v) is 14.6. The highest BCUT2D eigenvalue weighted by Crippen LogP contribution is 2.33. The molecule has 0 atom stereocenters. The third kappa shape index (κ3) is 3.27. The number of para-hydroxylation sites is 1. The van der Waals surface area contributed by atoms with Crippen molar-refractivity contribution in [3.05, 3.63) is 77.9 Å². The minimum absolute atomic E-state index is 0.0794. The Balaban J connectivity index is 1.83. The second-order valence-corrected chi connectivity index (χ2v) is 6.61. The molecule has 2 heterocycles. The molecule has 6 heteroatoms. The minimum atomic E-state index is -0.884. The molecule has 2 aromatic heterocycles. The Hall–Kier alpha value is -3.25. The summed E-state index contributed by atoms with van der Waals surface area (Å²) in [5.74, 6) is -0.884. The van der Waals surface area contributed by atoms with Gasteiger partial charge >= 0.3 is 5.97 Å². The number of benzene rings is 2. The van der Waals surface area contributed by atoms with Crippen molar-refractivity contribution >= 4 is 17.3 Å². The van der Waals surface area contributed by atoms with Crippen LogP contribution in [-0.2, 0) is 11.2 Å². The summed E-state index contributed by atoms with van der Waals surface area (Å²) in [4.78, 5) is 15.4. The van der Waals surface area contributed by atoms with E-state index >= 15 is 0 Å². The lowest BCUT2D eigenvalue weighted by Crippen LogP contribution is -1.99. The Morgan fingerprint density at radius 2 is 1.73 bits per heavy atom. The smallest absolute Gasteiger partial charge is 0.309 e. The Morgan fingerprint density at radius 3 is 2.42 bits per heavy atom. The molecule has 0 radical (unpaired) electrons. The number of rotatable bonds is 5. The molecule has 0 saturated heterocycles. The van der Waals surface area contributed by atoms with Crippen LogP contribution >= 0.6 is 11.3 Å². The molecule has 2 aromatic carbocycles. The number of aromatic nitrogens is 3. The van der Waals surface area contributed by atoms with Crippen LogP contribution in [0.3, 0.4) is 0 Å². The van der Waals surface area contributed by atoms with Crippen LogP contribution in [0, 0.1) is 0 Å². The maximum atomic E-state index is 10.9. The van der Waals surface area contributed by atoms with Crippen molar-refractivity contribution in [3.63, 3.8) is 0 Å². The van der Waals surface area contributed by atoms with Gasteiger partial charge in [0.1, 0.15) is 10.7 Å². The molecule has 0 aliphatic carbocycles. The number of nitrogens with zero attached hydrogens (tertiary/aromatic N) is 3. The molecule has 128 valence electrons. The van der Waals surface area contributed by atoms with Gasteiger partial charge in [0.2, 0.25) is 0 Å². The number of carboxylic acids is 1. The van der Waals surface area contributed by atoms with E-state index in [2.05, 4.69) is 4.98 Å². The van der Waals surface area contributed by atoms with Crippen molar-refractivity contribution in [2.45, 2.75) is 6.42 Å². The monoisotopic (exact) mass is 361 g/mol. The van der Waals surface area contributed by atoms with Gasteiger partial charge in [0.15, 0.2) is 0 Å². The van der Waals surface area contributed by atoms with E-state index < -0.39 is 5.97 Å². The number of carbonyl (C=O) groups is 1. The zero-order chi connectivity index (χ0) is 17.9. The molecule has 26 heavy (non-hydrogen) atoms. The summed E-state index contributed by atoms with van der Waals surface area (Å²) in [5.41, 5.74) is 4.22. The number of hydrogen-bond acceptors (Lipinski definition) is 4. The van der Waals surface area contributed by atoms with E-state index in [1.165, 1.54) is 11.3 Å². The summed E-state index contributed by atoms with van der Waals surface area (Å²) in [5, 5.41) is 16.3. The zero-order valence-electron chi connectivity index (χ0n) is 13.7. The lowest BCUT2D eigenvalue weighted by atomic mass is 10.1. The summed E-state index contributed by atoms with van der Waals surface area (Å²) < 4.78 is 1.83. The van der Waals surface area contributed by atoms with Crippen molar-refractivity contribution in [3.8, 4) is 27.5 Å². The molecule has 1 N–H and O–H groups in total. The van der Waals surface area contributed by atoms with Crippen molar-refractivity contribution in [2.24, 2.45) is 0 Å². The van der Waals surface area contributed by atoms with Crippen LogP contribution in [0.4, 0.5) is 0 Å². The van der Waals surface area contributed by atoms with Gasteiger partial charge < -0.3 is 5.11 Å². The maximum Gasteiger partial charge on any atom is 0.309 e. The van der Waals surface area contributed by atoms with Gasteiger partial charge in [-0.15, -0.1) is 11.3 Å². The summed E-state index contributed by atoms with van der Waals surface area (Å²) in [7, 11) is 0. The van der Waals surface area contributed by atoms with Crippen molar-refractivity contribution in [1.29, 1.82) is 0 Å². The first-order valence-corrected chi connectivity index (χ1v) is 8.96. The molecular weight excluding hydrogens is 346 g/mol. The molecule has 0 fully saturated rings. The van der Waals surface area contributed by atoms with Crippen LogP contribution < -0.4 is 0 Å². The maximum absolute atomic E-state index is 10.9. The number of carboxylic acid groups (broad SMARTS) is 1. The fourth-order valence-corrected chi connectivity index (χ4v) is 3.55. The van der Waals surface area contributed by atoms with E-state index in [-0.39, 0.29) is 6.42 Å². The second-order valence-electron chi connectivity index (χ2n) is 5.75. The SMILES string of the molecule is O=C(O)Cc1csc(-c2cn(-c3ccccc3)nc2-c2ccccc2)n1. The average molecular weight is 361 g/mol. The normalized spacial score (nSPS) is 10.8. The largest absolute Gasteiger partial charge is 0.481 e. The summed E-state index contributed by atoms with van der Waals surface area (Å²) >= 11 is 1.43. The predicted octanol–water partition coefficient (Wildman–Crippen LogP) is 4.29. The topological polar surface area (TPSA) is 68.0 Å². The molecule has 5 nitrogen and oxygen atoms in total. The van der Waals surface area contributed by atoms with Gasteiger partial charge in [-0.2, -0.15) is 5.10 Å². The molecular formula is C20H15N3O2S. The summed E-state index contributed by atoms with van der Waals surface area (Å²) in [6.07, 6.45) is 1.87. The molecule has 0 amide bonds. The van der Waals surface area contributed by atoms with Gasteiger partial charge in [0, 0.05) is 17.1 Å². The molecule has 0 saturated carbocycles. The first-order chi connectivity index (χ1) is 12.7. The first kappa shape index (κ1) is 16.2. The molecule has 0 unspecified atom stereocenters. The lowest BCUT2D eigenvalue weighted by molar-refractivity contribution is -0.136. The summed E-state index contributed by atoms with van der Waals surface area (Å²) in [6, 6.07) is 19.8. The molecule has 0 bridgehead atoms. The lowest BCUT2D eigenvalue weighted by Gasteiger charge is -2.00. The highest BCUT2D eigenvalue weighted by Gasteiger charge is 2.17. The van der Waals surface area contributed by atoms with E-state index in [0.717, 1.165) is 27.5 Å². The number of thiazole rings is 1. The van der Waals surface area contributed by atoms with Crippen molar-refractivity contribution in [1.82, 2.24) is 14.8 Å². The Labute approximate surface area is 154 Å². The van der Waals surface area contributed by atoms with Gasteiger partial charge in [-0.3, -0.25) is 4.79 Å². The number of hydrogen-bond donors (Lipinski definition) is 1. The highest BCUT2D eigenvalue weighted by molar-refractivity contribution is 7.13. The van der Waals surface area contributed by atoms with Crippen LogP contribution in [0.5, 0.6) is 0 Å². The van der Waals surface area contributed by atoms with Crippen LogP contribution in [0.15, 0.2) is 72.2 Å². The van der Waals surface area contributed by atoms with Crippen molar-refractivity contribution < 1.29 is 9.90 Å². The predicted molar refractivity (Wildman–Crippen MR) is 101 cm³/mol. The third-order valence-electron chi connectivity index (χ3n) is 3.90. The third-order valence-corrected chi connectivity index (χ3v) is 4.82. The Morgan fingerprint density at radius 1 is 1.04 bits per heavy atom. The van der Waals surface area contributed by atoms with E-state index in [9.17, 15) is 4.79 Å². The minimum Gasteiger partial charge on any atom is -0.481 e. The van der Waals surface area contributed by atoms with E-state index in [0.29, 0.717) is 5.69 Å². The van der Waals surface area contributed by atoms with E-state index in [4.69, 9.17) is 10.2 Å². The quantitative estimate of drug-likeness (QED) is 0.576. The Bertz CT molecular complexity index is 1040. The van der Waals surface area contributed by atoms with Crippen LogP contribution in [0.1, 0.15) is 5.69 Å². The molecule has 4 aromatic rings. The van der Waals surface area contributed by atoms with E-state index in [1.54, 1.807) is 5.38 Å². The van der Waals surface area contributed by atoms with Crippen molar-refractivity contribution in [2.75, 3.05) is 0 Å². The molecule has 0 spiro atoms. The second kappa shape index (κ2) is 6.93. The number of aliphatic carboxylic acids is 1. The fraction of sp³-hybridized carbons (Fsp3) is 0.0500. The Kier molecular flexibility index (Phi) is 4.33. The molecule has 0 aliphatic heterocycles. The van der Waals surface area contributed by atoms with E-state index in [1.807, 2.05) is 71.5 Å². The highest BCUT2D eigenvalue weighted by atomic mass is 32.1. The van der Waals surface area contributed by atoms with Gasteiger partial charge in [-0.05, 0) is 12.1 Å². The van der Waals surface area contributed by atoms with Crippen LogP contribution in [0.25, 0.3) is 27.5 Å². The van der Waals surface area contributed by atoms with Gasteiger partial charge in [0.05, 0.1) is 23.4 Å². The average Bonchev–Trinajstić information content (AvgIpc) is 3.29. The fourth-order valence-electron chi connectivity index (χ4n) is 2.72. The summed E-state index contributed by atoms with van der Waals surface area (Å²) in [6.45, 7) is 0. The molecule has 4 rings (SSSR count). The van der Waals surface area contributed by atoms with Gasteiger partial charge in [-0.1, -0.05) is 48.5 Å². The first-order valence-electron chi connectivity index (χ1n) is 8.08. The van der Waals surface area contributed by atoms with Crippen LogP contribution in [-0.4, -0.2) is 25.8 Å². The van der Waals surface area contributed by atoms with Crippen LogP contribution in [0.2, 0.25) is 0 Å². The van der Waals surface area contributed by atoms with Gasteiger partial charge in [-0.25, -0.2) is 9.67 Å². The standard InChI is InChI=1S/C20H15N3O2S/c24-18(25)11-15-13-26-20(21-15)17-12-23(16-9-5-2-6-10-16)22-19(17)14-7-3-1-4-8-14/h1-10,12-13H,11H2,(H,24,25). The van der Waals surface area contributed by atoms with Gasteiger partial charge in [0.25, 0.3) is 0 Å².